The lowest BCUT2D eigenvalue weighted by Gasteiger charge is -2.19. The van der Waals surface area contributed by atoms with E-state index in [2.05, 4.69) is 4.52 Å². The number of phosphoric ester groups is 1. The molecule has 1 aliphatic rings. The van der Waals surface area contributed by atoms with Gasteiger partial charge in [-0.15, -0.1) is 0 Å². The highest BCUT2D eigenvalue weighted by molar-refractivity contribution is 7.46. The van der Waals surface area contributed by atoms with Crippen molar-refractivity contribution < 1.29 is 28.5 Å². The molecular formula is C16H22NO6P. The lowest BCUT2D eigenvalue weighted by Crippen LogP contribution is -2.39. The van der Waals surface area contributed by atoms with Crippen LogP contribution in [-0.4, -0.2) is 45.9 Å². The third-order valence-electron chi connectivity index (χ3n) is 4.20. The highest BCUT2D eigenvalue weighted by Gasteiger charge is 2.34. The van der Waals surface area contributed by atoms with Crippen LogP contribution in [-0.2, 0) is 20.6 Å². The maximum absolute atomic E-state index is 12.3. The van der Waals surface area contributed by atoms with Gasteiger partial charge >= 0.3 is 7.82 Å². The fourth-order valence-electron chi connectivity index (χ4n) is 2.92. The summed E-state index contributed by atoms with van der Waals surface area (Å²) in [5.41, 5.74) is 0.793. The van der Waals surface area contributed by atoms with Gasteiger partial charge in [0, 0.05) is 5.92 Å². The summed E-state index contributed by atoms with van der Waals surface area (Å²) in [5, 5.41) is 0. The average Bonchev–Trinajstić information content (AvgIpc) is 2.92. The van der Waals surface area contributed by atoms with Crippen molar-refractivity contribution >= 4 is 19.4 Å². The maximum atomic E-state index is 12.3. The van der Waals surface area contributed by atoms with Gasteiger partial charge in [-0.05, 0) is 50.6 Å². The molecule has 0 radical (unpaired) electrons. The molecule has 1 heterocycles. The molecule has 2 atom stereocenters. The largest absolute Gasteiger partial charge is 0.524 e. The molecule has 1 fully saturated rings. The maximum Gasteiger partial charge on any atom is 0.524 e. The average molecular weight is 355 g/mol. The Morgan fingerprint density at radius 3 is 2.46 bits per heavy atom. The van der Waals surface area contributed by atoms with E-state index in [1.54, 1.807) is 19.1 Å². The smallest absolute Gasteiger partial charge is 0.404 e. The number of nitrogens with zero attached hydrogens (tertiary/aromatic N) is 1. The molecule has 1 aromatic carbocycles. The fourth-order valence-corrected chi connectivity index (χ4v) is 3.31. The second kappa shape index (κ2) is 7.57. The van der Waals surface area contributed by atoms with E-state index < -0.39 is 13.7 Å². The van der Waals surface area contributed by atoms with Crippen LogP contribution in [0.3, 0.4) is 0 Å². The molecule has 24 heavy (non-hydrogen) atoms. The van der Waals surface area contributed by atoms with Gasteiger partial charge in [-0.1, -0.05) is 19.1 Å². The van der Waals surface area contributed by atoms with Gasteiger partial charge in [0.15, 0.2) is 0 Å². The third-order valence-corrected chi connectivity index (χ3v) is 4.65. The molecule has 0 aromatic heterocycles. The molecule has 0 aliphatic carbocycles. The van der Waals surface area contributed by atoms with Gasteiger partial charge in [0.05, 0.1) is 6.04 Å². The van der Waals surface area contributed by atoms with E-state index in [-0.39, 0.29) is 23.4 Å². The van der Waals surface area contributed by atoms with Crippen LogP contribution in [0.15, 0.2) is 24.3 Å². The molecule has 1 aromatic rings. The molecule has 8 heteroatoms. The summed E-state index contributed by atoms with van der Waals surface area (Å²) in [6.45, 7) is 2.55. The van der Waals surface area contributed by atoms with Gasteiger partial charge in [0.25, 0.3) is 0 Å². The SMILES string of the molecule is CC(Cc1ccc(OP(=O)(O)O)cc1)C(=O)C(=O)C1CCCN1C. The van der Waals surface area contributed by atoms with Crippen LogP contribution in [0.4, 0.5) is 0 Å². The number of hydrogen-bond acceptors (Lipinski definition) is 5. The van der Waals surface area contributed by atoms with E-state index in [9.17, 15) is 14.2 Å². The summed E-state index contributed by atoms with van der Waals surface area (Å²) in [5.74, 6) is -1.09. The number of likely N-dealkylation sites (tertiary alicyclic amines) is 1. The number of hydrogen-bond donors (Lipinski definition) is 2. The Bertz CT molecular complexity index is 653. The van der Waals surface area contributed by atoms with Crippen LogP contribution in [0.5, 0.6) is 5.75 Å². The summed E-state index contributed by atoms with van der Waals surface area (Å²) in [6.07, 6.45) is 2.04. The Balaban J connectivity index is 1.96. The molecule has 132 valence electrons. The van der Waals surface area contributed by atoms with Crippen molar-refractivity contribution in [1.29, 1.82) is 0 Å². The van der Waals surface area contributed by atoms with Crippen molar-refractivity contribution in [3.05, 3.63) is 29.8 Å². The minimum Gasteiger partial charge on any atom is -0.404 e. The molecule has 0 bridgehead atoms. The first-order valence-corrected chi connectivity index (χ1v) is 9.33. The van der Waals surface area contributed by atoms with Crippen LogP contribution in [0.2, 0.25) is 0 Å². The van der Waals surface area contributed by atoms with Crippen LogP contribution in [0.1, 0.15) is 25.3 Å². The topological polar surface area (TPSA) is 104 Å². The summed E-state index contributed by atoms with van der Waals surface area (Å²) in [7, 11) is -2.73. The third kappa shape index (κ3) is 4.98. The van der Waals surface area contributed by atoms with Gasteiger partial charge in [0.2, 0.25) is 11.6 Å². The van der Waals surface area contributed by atoms with Crippen LogP contribution >= 0.6 is 7.82 Å². The zero-order chi connectivity index (χ0) is 17.9. The minimum atomic E-state index is -4.58. The zero-order valence-corrected chi connectivity index (χ0v) is 14.6. The van der Waals surface area contributed by atoms with Crippen molar-refractivity contribution in [1.82, 2.24) is 4.90 Å². The lowest BCUT2D eigenvalue weighted by atomic mass is 9.92. The monoisotopic (exact) mass is 355 g/mol. The molecule has 0 amide bonds. The molecule has 0 saturated carbocycles. The number of phosphoric acid groups is 1. The standard InChI is InChI=1S/C16H22NO6P/c1-11(15(18)16(19)14-4-3-9-17(14)2)10-12-5-7-13(8-6-12)23-24(20,21)22/h5-8,11,14H,3-4,9-10H2,1-2H3,(H2,20,21,22). The first-order chi connectivity index (χ1) is 11.2. The Labute approximate surface area is 140 Å². The zero-order valence-electron chi connectivity index (χ0n) is 13.7. The number of likely N-dealkylation sites (N-methyl/N-ethyl adjacent to an activating group) is 1. The van der Waals surface area contributed by atoms with E-state index >= 15 is 0 Å². The Kier molecular flexibility index (Phi) is 5.93. The number of rotatable bonds is 7. The van der Waals surface area contributed by atoms with Crippen molar-refractivity contribution in [2.24, 2.45) is 5.92 Å². The van der Waals surface area contributed by atoms with E-state index in [1.807, 2.05) is 11.9 Å². The van der Waals surface area contributed by atoms with Crippen molar-refractivity contribution in [2.75, 3.05) is 13.6 Å². The van der Waals surface area contributed by atoms with Crippen LogP contribution < -0.4 is 4.52 Å². The quantitative estimate of drug-likeness (QED) is 0.565. The second-order valence-electron chi connectivity index (χ2n) is 6.20. The first-order valence-electron chi connectivity index (χ1n) is 7.80. The Hall–Kier alpha value is -1.53. The van der Waals surface area contributed by atoms with Crippen molar-refractivity contribution in [3.63, 3.8) is 0 Å². The molecule has 7 nitrogen and oxygen atoms in total. The molecular weight excluding hydrogens is 333 g/mol. The van der Waals surface area contributed by atoms with E-state index in [1.165, 1.54) is 12.1 Å². The molecule has 0 spiro atoms. The summed E-state index contributed by atoms with van der Waals surface area (Å²) < 4.78 is 15.2. The number of carbonyl (C=O) groups is 2. The first kappa shape index (κ1) is 18.8. The van der Waals surface area contributed by atoms with Crippen molar-refractivity contribution in [2.45, 2.75) is 32.2 Å². The molecule has 2 rings (SSSR count). The number of benzene rings is 1. The highest BCUT2D eigenvalue weighted by atomic mass is 31.2. The molecule has 1 saturated heterocycles. The predicted octanol–water partition coefficient (Wildman–Crippen LogP) is 1.57. The predicted molar refractivity (Wildman–Crippen MR) is 87.6 cm³/mol. The molecule has 1 aliphatic heterocycles. The van der Waals surface area contributed by atoms with Gasteiger partial charge in [-0.2, -0.15) is 0 Å². The summed E-state index contributed by atoms with van der Waals surface area (Å²) in [4.78, 5) is 44.0. The van der Waals surface area contributed by atoms with E-state index in [0.717, 1.165) is 24.9 Å². The van der Waals surface area contributed by atoms with Gasteiger partial charge < -0.3 is 4.52 Å². The van der Waals surface area contributed by atoms with Crippen LogP contribution in [0.25, 0.3) is 0 Å². The van der Waals surface area contributed by atoms with E-state index in [0.29, 0.717) is 6.42 Å². The second-order valence-corrected chi connectivity index (χ2v) is 7.36. The summed E-state index contributed by atoms with van der Waals surface area (Å²) in [6, 6.07) is 5.80. The fraction of sp³-hybridized carbons (Fsp3) is 0.500. The minimum absolute atomic E-state index is 0.0507. The van der Waals surface area contributed by atoms with Crippen molar-refractivity contribution in [3.8, 4) is 5.75 Å². The number of Topliss-reactive ketones (excluding diaryl/α,β-unsaturated/α-hetero) is 2. The number of carbonyl (C=O) groups excluding carboxylic acids is 2. The lowest BCUT2D eigenvalue weighted by molar-refractivity contribution is -0.141. The normalized spacial score (nSPS) is 19.9. The van der Waals surface area contributed by atoms with Gasteiger partial charge in [-0.3, -0.25) is 24.3 Å². The van der Waals surface area contributed by atoms with Gasteiger partial charge in [0.1, 0.15) is 5.75 Å². The van der Waals surface area contributed by atoms with Crippen LogP contribution in [0, 0.1) is 5.92 Å². The van der Waals surface area contributed by atoms with Gasteiger partial charge in [-0.25, -0.2) is 4.57 Å². The Morgan fingerprint density at radius 1 is 1.33 bits per heavy atom. The highest BCUT2D eigenvalue weighted by Crippen LogP contribution is 2.37. The number of ketones is 2. The molecule has 2 unspecified atom stereocenters. The van der Waals surface area contributed by atoms with E-state index in [4.69, 9.17) is 9.79 Å². The summed E-state index contributed by atoms with van der Waals surface area (Å²) >= 11 is 0. The molecule has 2 N–H and O–H groups in total. The Morgan fingerprint density at radius 2 is 1.96 bits per heavy atom.